The fourth-order valence-corrected chi connectivity index (χ4v) is 1.06. The molecule has 1 rings (SSSR count). The molecule has 13 heavy (non-hydrogen) atoms. The first-order valence-corrected chi connectivity index (χ1v) is 4.50. The molecule has 1 saturated heterocycles. The van der Waals surface area contributed by atoms with Crippen LogP contribution in [0.4, 0.5) is 0 Å². The predicted octanol–water partition coefficient (Wildman–Crippen LogP) is 1.33. The van der Waals surface area contributed by atoms with E-state index in [2.05, 4.69) is 6.58 Å². The average Bonchev–Trinajstić information content (AvgIpc) is 2.02. The number of ketones is 1. The lowest BCUT2D eigenvalue weighted by Gasteiger charge is -2.40. The normalized spacial score (nSPS) is 19.2. The summed E-state index contributed by atoms with van der Waals surface area (Å²) in [6.07, 6.45) is 0.885. The van der Waals surface area contributed by atoms with Gasteiger partial charge in [0, 0.05) is 0 Å². The molecule has 0 atom stereocenters. The van der Waals surface area contributed by atoms with Crippen LogP contribution in [0.1, 0.15) is 20.3 Å². The van der Waals surface area contributed by atoms with Crippen molar-refractivity contribution in [3.05, 3.63) is 12.2 Å². The summed E-state index contributed by atoms with van der Waals surface area (Å²) in [4.78, 5) is 11.2. The molecule has 1 aliphatic heterocycles. The maximum Gasteiger partial charge on any atom is 0.183 e. The molecule has 0 amide bonds. The number of rotatable bonds is 5. The first-order valence-electron chi connectivity index (χ1n) is 4.50. The lowest BCUT2D eigenvalue weighted by molar-refractivity contribution is -0.209. The molecule has 0 bridgehead atoms. The van der Waals surface area contributed by atoms with Gasteiger partial charge in [-0.1, -0.05) is 13.5 Å². The molecule has 0 aromatic heterocycles. The summed E-state index contributed by atoms with van der Waals surface area (Å²) >= 11 is 0. The highest BCUT2D eigenvalue weighted by Gasteiger charge is 2.38. The Balaban J connectivity index is 2.32. The van der Waals surface area contributed by atoms with Gasteiger partial charge in [-0.3, -0.25) is 4.79 Å². The van der Waals surface area contributed by atoms with Gasteiger partial charge >= 0.3 is 0 Å². The molecule has 3 nitrogen and oxygen atoms in total. The number of hydrogen-bond acceptors (Lipinski definition) is 3. The summed E-state index contributed by atoms with van der Waals surface area (Å²) in [5.74, 6) is -0.0280. The van der Waals surface area contributed by atoms with E-state index in [9.17, 15) is 4.79 Å². The Morgan fingerprint density at radius 2 is 2.23 bits per heavy atom. The molecule has 0 aliphatic carbocycles. The maximum absolute atomic E-state index is 11.2. The third-order valence-electron chi connectivity index (χ3n) is 2.36. The molecule has 0 aromatic rings. The Morgan fingerprint density at radius 1 is 1.62 bits per heavy atom. The molecule has 0 spiro atoms. The zero-order valence-electron chi connectivity index (χ0n) is 8.26. The van der Waals surface area contributed by atoms with E-state index in [1.54, 1.807) is 6.92 Å². The van der Waals surface area contributed by atoms with E-state index in [4.69, 9.17) is 9.47 Å². The minimum atomic E-state index is -0.203. The van der Waals surface area contributed by atoms with E-state index in [1.165, 1.54) is 0 Å². The topological polar surface area (TPSA) is 35.5 Å². The van der Waals surface area contributed by atoms with Gasteiger partial charge in [0.1, 0.15) is 12.2 Å². The van der Waals surface area contributed by atoms with Crippen molar-refractivity contribution in [2.45, 2.75) is 25.9 Å². The minimum Gasteiger partial charge on any atom is -0.375 e. The third-order valence-corrected chi connectivity index (χ3v) is 2.36. The van der Waals surface area contributed by atoms with Crippen molar-refractivity contribution in [1.29, 1.82) is 0 Å². The van der Waals surface area contributed by atoms with Crippen molar-refractivity contribution in [2.24, 2.45) is 0 Å². The van der Waals surface area contributed by atoms with Crippen molar-refractivity contribution < 1.29 is 14.3 Å². The van der Waals surface area contributed by atoms with Gasteiger partial charge in [-0.05, 0) is 18.9 Å². The number of carbonyl (C=O) groups is 1. The van der Waals surface area contributed by atoms with E-state index >= 15 is 0 Å². The molecule has 1 fully saturated rings. The molecule has 1 aliphatic rings. The molecule has 0 N–H and O–H groups in total. The quantitative estimate of drug-likeness (QED) is 0.605. The Bertz CT molecular complexity index is 211. The van der Waals surface area contributed by atoms with Crippen LogP contribution in [0.3, 0.4) is 0 Å². The Labute approximate surface area is 78.7 Å². The van der Waals surface area contributed by atoms with Crippen molar-refractivity contribution in [3.63, 3.8) is 0 Å². The number of Topliss-reactive ketones (excluding diaryl/α,β-unsaturated/α-hetero) is 1. The molecule has 0 aromatic carbocycles. The zero-order valence-corrected chi connectivity index (χ0v) is 8.26. The molecule has 1 heterocycles. The Kier molecular flexibility index (Phi) is 3.22. The highest BCUT2D eigenvalue weighted by molar-refractivity contribution is 5.95. The maximum atomic E-state index is 11.2. The molecular weight excluding hydrogens is 168 g/mol. The van der Waals surface area contributed by atoms with Crippen LogP contribution < -0.4 is 0 Å². The van der Waals surface area contributed by atoms with Crippen LogP contribution in [0.5, 0.6) is 0 Å². The summed E-state index contributed by atoms with van der Waals surface area (Å²) in [6, 6.07) is 0. The standard InChI is InChI=1S/C10H16O3/c1-4-10(6-12-7-10)13-5-9(11)8(2)3/h2,4-7H2,1,3H3. The molecular formula is C10H16O3. The van der Waals surface area contributed by atoms with E-state index in [-0.39, 0.29) is 18.0 Å². The lowest BCUT2D eigenvalue weighted by Crippen LogP contribution is -2.52. The van der Waals surface area contributed by atoms with Gasteiger partial charge in [-0.25, -0.2) is 0 Å². The van der Waals surface area contributed by atoms with Gasteiger partial charge in [0.15, 0.2) is 5.78 Å². The summed E-state index contributed by atoms with van der Waals surface area (Å²) in [6.45, 7) is 8.64. The van der Waals surface area contributed by atoms with Gasteiger partial charge in [0.05, 0.1) is 13.2 Å². The van der Waals surface area contributed by atoms with E-state index in [0.29, 0.717) is 18.8 Å². The average molecular weight is 184 g/mol. The van der Waals surface area contributed by atoms with Gasteiger partial charge in [0.25, 0.3) is 0 Å². The summed E-state index contributed by atoms with van der Waals surface area (Å²) < 4.78 is 10.6. The van der Waals surface area contributed by atoms with Crippen LogP contribution in [0.2, 0.25) is 0 Å². The smallest absolute Gasteiger partial charge is 0.183 e. The highest BCUT2D eigenvalue weighted by Crippen LogP contribution is 2.25. The number of hydrogen-bond donors (Lipinski definition) is 0. The zero-order chi connectivity index (χ0) is 9.90. The molecule has 0 saturated carbocycles. The minimum absolute atomic E-state index is 0.0280. The van der Waals surface area contributed by atoms with Crippen LogP contribution in [-0.4, -0.2) is 31.2 Å². The molecule has 3 heteroatoms. The van der Waals surface area contributed by atoms with Crippen LogP contribution in [0.15, 0.2) is 12.2 Å². The van der Waals surface area contributed by atoms with E-state index < -0.39 is 0 Å². The highest BCUT2D eigenvalue weighted by atomic mass is 16.6. The fourth-order valence-electron chi connectivity index (χ4n) is 1.06. The summed E-state index contributed by atoms with van der Waals surface area (Å²) in [5.41, 5.74) is 0.344. The Hall–Kier alpha value is -0.670. The van der Waals surface area contributed by atoms with Crippen LogP contribution in [0.25, 0.3) is 0 Å². The summed E-state index contributed by atoms with van der Waals surface area (Å²) in [7, 11) is 0. The fraction of sp³-hybridized carbons (Fsp3) is 0.700. The van der Waals surface area contributed by atoms with Crippen molar-refractivity contribution >= 4 is 5.78 Å². The first kappa shape index (κ1) is 10.4. The second kappa shape index (κ2) is 4.03. The van der Waals surface area contributed by atoms with E-state index in [0.717, 1.165) is 6.42 Å². The van der Waals surface area contributed by atoms with Gasteiger partial charge in [-0.15, -0.1) is 0 Å². The Morgan fingerprint density at radius 3 is 2.54 bits per heavy atom. The molecule has 0 radical (unpaired) electrons. The number of carbonyl (C=O) groups excluding carboxylic acids is 1. The number of ether oxygens (including phenoxy) is 2. The molecule has 74 valence electrons. The largest absolute Gasteiger partial charge is 0.375 e. The van der Waals surface area contributed by atoms with E-state index in [1.807, 2.05) is 6.92 Å². The van der Waals surface area contributed by atoms with Gasteiger partial charge in [-0.2, -0.15) is 0 Å². The van der Waals surface area contributed by atoms with Crippen LogP contribution in [-0.2, 0) is 14.3 Å². The SMILES string of the molecule is C=C(C)C(=O)COC1(CC)COC1. The monoisotopic (exact) mass is 184 g/mol. The van der Waals surface area contributed by atoms with Crippen molar-refractivity contribution in [2.75, 3.05) is 19.8 Å². The molecule has 0 unspecified atom stereocenters. The predicted molar refractivity (Wildman–Crippen MR) is 49.6 cm³/mol. The lowest BCUT2D eigenvalue weighted by atomic mass is 9.99. The van der Waals surface area contributed by atoms with Gasteiger partial charge in [0.2, 0.25) is 0 Å². The summed E-state index contributed by atoms with van der Waals surface area (Å²) in [5, 5.41) is 0. The third kappa shape index (κ3) is 2.39. The van der Waals surface area contributed by atoms with Crippen LogP contribution in [0, 0.1) is 0 Å². The second-order valence-corrected chi connectivity index (χ2v) is 3.52. The second-order valence-electron chi connectivity index (χ2n) is 3.52. The first-order chi connectivity index (χ1) is 6.09. The van der Waals surface area contributed by atoms with Crippen molar-refractivity contribution in [1.82, 2.24) is 0 Å². The van der Waals surface area contributed by atoms with Gasteiger partial charge < -0.3 is 9.47 Å². The van der Waals surface area contributed by atoms with Crippen LogP contribution >= 0.6 is 0 Å². The van der Waals surface area contributed by atoms with Crippen molar-refractivity contribution in [3.8, 4) is 0 Å².